The van der Waals surface area contributed by atoms with Crippen LogP contribution in [0.25, 0.3) is 0 Å². The zero-order valence-corrected chi connectivity index (χ0v) is 12.3. The van der Waals surface area contributed by atoms with Gasteiger partial charge in [-0.1, -0.05) is 12.1 Å². The van der Waals surface area contributed by atoms with Crippen LogP contribution in [0, 0.1) is 0 Å². The van der Waals surface area contributed by atoms with Gasteiger partial charge in [-0.2, -0.15) is 0 Å². The summed E-state index contributed by atoms with van der Waals surface area (Å²) >= 11 is 0. The molecule has 0 saturated carbocycles. The van der Waals surface area contributed by atoms with Gasteiger partial charge >= 0.3 is 0 Å². The maximum Gasteiger partial charge on any atom is 0.238 e. The fraction of sp³-hybridized carbons (Fsp3) is 0.231. The van der Waals surface area contributed by atoms with Crippen molar-refractivity contribution in [3.05, 3.63) is 54.0 Å². The largest absolute Gasteiger partial charge is 1.00 e. The molecule has 0 amide bonds. The molecule has 0 radical (unpaired) electrons. The average molecular weight is 316 g/mol. The number of benzene rings is 1. The zero-order chi connectivity index (χ0) is 13.7. The normalized spacial score (nSPS) is 11.1. The second-order valence-electron chi connectivity index (χ2n) is 4.20. The van der Waals surface area contributed by atoms with Crippen LogP contribution in [-0.4, -0.2) is 15.0 Å². The summed E-state index contributed by atoms with van der Waals surface area (Å²) in [4.78, 5) is 0.139. The SMILES string of the molecule is NS(=O)(=O)c1ccc(CCNCc2ccco2)cc1.[Cl-]. The Balaban J connectivity index is 0.00000200. The number of nitrogens with two attached hydrogens (primary N) is 1. The van der Waals surface area contributed by atoms with Crippen molar-refractivity contribution >= 4 is 10.0 Å². The quantitative estimate of drug-likeness (QED) is 0.620. The monoisotopic (exact) mass is 315 g/mol. The van der Waals surface area contributed by atoms with E-state index < -0.39 is 10.0 Å². The zero-order valence-electron chi connectivity index (χ0n) is 10.8. The highest BCUT2D eigenvalue weighted by Crippen LogP contribution is 2.09. The lowest BCUT2D eigenvalue weighted by molar-refractivity contribution is -0.00000705. The van der Waals surface area contributed by atoms with Gasteiger partial charge in [0.1, 0.15) is 5.76 Å². The van der Waals surface area contributed by atoms with E-state index in [1.54, 1.807) is 18.4 Å². The minimum atomic E-state index is -3.60. The van der Waals surface area contributed by atoms with E-state index in [0.717, 1.165) is 24.3 Å². The standard InChI is InChI=1S/C13H16N2O3S.ClH/c14-19(16,17)13-5-3-11(4-6-13)7-8-15-10-12-2-1-9-18-12;/h1-6,9,15H,7-8,10H2,(H2,14,16,17);1H/p-1. The summed E-state index contributed by atoms with van der Waals surface area (Å²) in [6.45, 7) is 1.47. The Labute approximate surface area is 124 Å². The lowest BCUT2D eigenvalue weighted by Gasteiger charge is -2.04. The summed E-state index contributed by atoms with van der Waals surface area (Å²) in [5, 5.41) is 8.28. The van der Waals surface area contributed by atoms with Crippen LogP contribution >= 0.6 is 0 Å². The summed E-state index contributed by atoms with van der Waals surface area (Å²) < 4.78 is 27.4. The number of hydrogen-bond donors (Lipinski definition) is 2. The Morgan fingerprint density at radius 1 is 1.15 bits per heavy atom. The number of hydrogen-bond acceptors (Lipinski definition) is 4. The smallest absolute Gasteiger partial charge is 0.238 e. The van der Waals surface area contributed by atoms with Gasteiger partial charge < -0.3 is 22.1 Å². The Bertz CT molecular complexity index is 610. The first-order valence-electron chi connectivity index (χ1n) is 5.90. The number of furan rings is 1. The van der Waals surface area contributed by atoms with Gasteiger partial charge in [0.15, 0.2) is 0 Å². The van der Waals surface area contributed by atoms with Crippen molar-refractivity contribution in [2.75, 3.05) is 6.54 Å². The molecule has 1 aromatic heterocycles. The number of halogens is 1. The minimum absolute atomic E-state index is 0. The van der Waals surface area contributed by atoms with Gasteiger partial charge in [0.2, 0.25) is 10.0 Å². The highest BCUT2D eigenvalue weighted by molar-refractivity contribution is 7.89. The summed E-state index contributed by atoms with van der Waals surface area (Å²) in [7, 11) is -3.60. The van der Waals surface area contributed by atoms with Crippen molar-refractivity contribution < 1.29 is 25.2 Å². The first-order valence-corrected chi connectivity index (χ1v) is 7.45. The molecule has 0 atom stereocenters. The fourth-order valence-electron chi connectivity index (χ4n) is 1.70. The van der Waals surface area contributed by atoms with Gasteiger partial charge in [-0.25, -0.2) is 13.6 Å². The average Bonchev–Trinajstić information content (AvgIpc) is 2.87. The second kappa shape index (κ2) is 7.44. The van der Waals surface area contributed by atoms with Gasteiger partial charge in [0.05, 0.1) is 17.7 Å². The van der Waals surface area contributed by atoms with E-state index in [4.69, 9.17) is 9.56 Å². The number of primary sulfonamides is 1. The van der Waals surface area contributed by atoms with Gasteiger partial charge in [-0.15, -0.1) is 0 Å². The van der Waals surface area contributed by atoms with E-state index in [2.05, 4.69) is 5.32 Å². The lowest BCUT2D eigenvalue weighted by Crippen LogP contribution is -3.00. The summed E-state index contributed by atoms with van der Waals surface area (Å²) in [5.74, 6) is 0.893. The maximum absolute atomic E-state index is 11.1. The third kappa shape index (κ3) is 4.97. The van der Waals surface area contributed by atoms with Crippen molar-refractivity contribution in [1.29, 1.82) is 0 Å². The van der Waals surface area contributed by atoms with Crippen LogP contribution in [0.3, 0.4) is 0 Å². The van der Waals surface area contributed by atoms with Crippen LogP contribution in [0.4, 0.5) is 0 Å². The van der Waals surface area contributed by atoms with Crippen LogP contribution < -0.4 is 22.9 Å². The van der Waals surface area contributed by atoms with E-state index in [-0.39, 0.29) is 17.3 Å². The molecule has 2 rings (SSSR count). The molecule has 0 fully saturated rings. The first kappa shape index (κ1) is 16.7. The Morgan fingerprint density at radius 2 is 1.85 bits per heavy atom. The van der Waals surface area contributed by atoms with Crippen molar-refractivity contribution in [3.8, 4) is 0 Å². The molecule has 0 spiro atoms. The van der Waals surface area contributed by atoms with E-state index >= 15 is 0 Å². The molecule has 110 valence electrons. The number of rotatable bonds is 6. The van der Waals surface area contributed by atoms with E-state index in [9.17, 15) is 8.42 Å². The summed E-state index contributed by atoms with van der Waals surface area (Å²) in [5.41, 5.74) is 1.05. The van der Waals surface area contributed by atoms with Crippen LogP contribution in [0.5, 0.6) is 0 Å². The fourth-order valence-corrected chi connectivity index (χ4v) is 2.22. The summed E-state index contributed by atoms with van der Waals surface area (Å²) in [6, 6.07) is 10.4. The minimum Gasteiger partial charge on any atom is -1.00 e. The molecule has 0 saturated heterocycles. The van der Waals surface area contributed by atoms with Crippen LogP contribution in [0.1, 0.15) is 11.3 Å². The molecule has 0 aliphatic carbocycles. The van der Waals surface area contributed by atoms with Crippen LogP contribution in [-0.2, 0) is 23.0 Å². The van der Waals surface area contributed by atoms with Crippen molar-refractivity contribution in [2.45, 2.75) is 17.9 Å². The Kier molecular flexibility index (Phi) is 6.22. The lowest BCUT2D eigenvalue weighted by atomic mass is 10.1. The molecule has 3 N–H and O–H groups in total. The molecule has 5 nitrogen and oxygen atoms in total. The van der Waals surface area contributed by atoms with Gasteiger partial charge in [0.25, 0.3) is 0 Å². The molecule has 0 bridgehead atoms. The van der Waals surface area contributed by atoms with Gasteiger partial charge in [0, 0.05) is 0 Å². The second-order valence-corrected chi connectivity index (χ2v) is 5.76. The van der Waals surface area contributed by atoms with Crippen molar-refractivity contribution in [1.82, 2.24) is 5.32 Å². The maximum atomic E-state index is 11.1. The first-order chi connectivity index (χ1) is 9.05. The highest BCUT2D eigenvalue weighted by atomic mass is 35.5. The predicted octanol–water partition coefficient (Wildman–Crippen LogP) is -1.74. The topological polar surface area (TPSA) is 85.3 Å². The molecule has 2 aromatic rings. The molecule has 7 heteroatoms. The Hall–Kier alpha value is -1.34. The number of nitrogens with one attached hydrogen (secondary N) is 1. The van der Waals surface area contributed by atoms with Crippen molar-refractivity contribution in [2.24, 2.45) is 5.14 Å². The van der Waals surface area contributed by atoms with E-state index in [1.165, 1.54) is 12.1 Å². The van der Waals surface area contributed by atoms with Crippen LogP contribution in [0.2, 0.25) is 0 Å². The predicted molar refractivity (Wildman–Crippen MR) is 71.9 cm³/mol. The molecule has 1 aromatic carbocycles. The van der Waals surface area contributed by atoms with Gasteiger partial charge in [-0.05, 0) is 42.8 Å². The molecule has 20 heavy (non-hydrogen) atoms. The van der Waals surface area contributed by atoms with Gasteiger partial charge in [-0.3, -0.25) is 0 Å². The number of sulfonamides is 1. The highest BCUT2D eigenvalue weighted by Gasteiger charge is 2.06. The molecule has 0 aliphatic rings. The molecule has 0 aliphatic heterocycles. The summed E-state index contributed by atoms with van der Waals surface area (Å²) in [6.07, 6.45) is 2.45. The molecule has 1 heterocycles. The molecule has 0 unspecified atom stereocenters. The molecular weight excluding hydrogens is 300 g/mol. The van der Waals surface area contributed by atoms with Crippen molar-refractivity contribution in [3.63, 3.8) is 0 Å². The van der Waals surface area contributed by atoms with E-state index in [0.29, 0.717) is 6.54 Å². The van der Waals surface area contributed by atoms with E-state index in [1.807, 2.05) is 12.1 Å². The molecular formula is C13H16ClN2O3S-. The third-order valence-electron chi connectivity index (χ3n) is 2.72. The van der Waals surface area contributed by atoms with Crippen LogP contribution in [0.15, 0.2) is 52.0 Å². The Morgan fingerprint density at radius 3 is 2.40 bits per heavy atom. The third-order valence-corrected chi connectivity index (χ3v) is 3.65.